The van der Waals surface area contributed by atoms with Crippen LogP contribution >= 0.6 is 0 Å². The minimum absolute atomic E-state index is 0.208. The lowest BCUT2D eigenvalue weighted by molar-refractivity contribution is -0.105. The predicted octanol–water partition coefficient (Wildman–Crippen LogP) is 0.272. The second kappa shape index (κ2) is 5.34. The first-order valence-electron chi connectivity index (χ1n) is 5.50. The standard InChI is InChI=1S/C11H15BO4/c13-12(14)9-4-3-5-10(8-9)16-11-6-1-2-7-15-11/h3-5,8,11,13-14H,1-2,6-7H2/t11-/m0/s1. The van der Waals surface area contributed by atoms with Gasteiger partial charge in [-0.05, 0) is 30.4 Å². The van der Waals surface area contributed by atoms with Crippen LogP contribution in [0.4, 0.5) is 0 Å². The lowest BCUT2D eigenvalue weighted by atomic mass is 9.80. The predicted molar refractivity (Wildman–Crippen MR) is 60.5 cm³/mol. The summed E-state index contributed by atoms with van der Waals surface area (Å²) in [6.07, 6.45) is 2.86. The summed E-state index contributed by atoms with van der Waals surface area (Å²) >= 11 is 0. The van der Waals surface area contributed by atoms with E-state index in [2.05, 4.69) is 0 Å². The van der Waals surface area contributed by atoms with Crippen molar-refractivity contribution in [3.05, 3.63) is 24.3 Å². The van der Waals surface area contributed by atoms with Crippen LogP contribution in [0.25, 0.3) is 0 Å². The molecule has 0 radical (unpaired) electrons. The van der Waals surface area contributed by atoms with Gasteiger partial charge in [-0.25, -0.2) is 0 Å². The second-order valence-corrected chi connectivity index (χ2v) is 3.86. The molecule has 1 fully saturated rings. The lowest BCUT2D eigenvalue weighted by Gasteiger charge is -2.23. The van der Waals surface area contributed by atoms with Gasteiger partial charge >= 0.3 is 7.12 Å². The van der Waals surface area contributed by atoms with Crippen LogP contribution in [0.3, 0.4) is 0 Å². The van der Waals surface area contributed by atoms with Gasteiger partial charge in [-0.2, -0.15) is 0 Å². The van der Waals surface area contributed by atoms with E-state index in [4.69, 9.17) is 19.5 Å². The molecule has 16 heavy (non-hydrogen) atoms. The molecule has 4 nitrogen and oxygen atoms in total. The first-order chi connectivity index (χ1) is 7.75. The molecule has 1 aliphatic heterocycles. The van der Waals surface area contributed by atoms with Crippen LogP contribution in [0.5, 0.6) is 5.75 Å². The molecule has 1 aliphatic rings. The maximum absolute atomic E-state index is 9.02. The number of hydrogen-bond acceptors (Lipinski definition) is 4. The Morgan fingerprint density at radius 1 is 1.31 bits per heavy atom. The quantitative estimate of drug-likeness (QED) is 0.720. The van der Waals surface area contributed by atoms with Crippen molar-refractivity contribution in [2.24, 2.45) is 0 Å². The molecule has 86 valence electrons. The van der Waals surface area contributed by atoms with Crippen molar-refractivity contribution in [2.75, 3.05) is 6.61 Å². The Morgan fingerprint density at radius 2 is 2.19 bits per heavy atom. The molecule has 0 amide bonds. The van der Waals surface area contributed by atoms with E-state index in [-0.39, 0.29) is 6.29 Å². The Morgan fingerprint density at radius 3 is 2.88 bits per heavy atom. The largest absolute Gasteiger partial charge is 0.488 e. The third kappa shape index (κ3) is 2.98. The average molecular weight is 222 g/mol. The Kier molecular flexibility index (Phi) is 3.82. The molecule has 0 spiro atoms. The molecule has 1 aromatic carbocycles. The SMILES string of the molecule is OB(O)c1cccc(O[C@H]2CCCCO2)c1. The lowest BCUT2D eigenvalue weighted by Crippen LogP contribution is -2.30. The Bertz CT molecular complexity index is 337. The van der Waals surface area contributed by atoms with Crippen LogP contribution in [0.15, 0.2) is 24.3 Å². The van der Waals surface area contributed by atoms with Gasteiger partial charge in [0.05, 0.1) is 6.61 Å². The molecule has 1 heterocycles. The van der Waals surface area contributed by atoms with Crippen LogP contribution in [-0.2, 0) is 4.74 Å². The van der Waals surface area contributed by atoms with Gasteiger partial charge in [0.15, 0.2) is 6.29 Å². The highest BCUT2D eigenvalue weighted by atomic mass is 16.7. The summed E-state index contributed by atoms with van der Waals surface area (Å²) in [7, 11) is -1.46. The van der Waals surface area contributed by atoms with E-state index in [1.165, 1.54) is 0 Å². The first-order valence-corrected chi connectivity index (χ1v) is 5.50. The van der Waals surface area contributed by atoms with Crippen molar-refractivity contribution < 1.29 is 19.5 Å². The van der Waals surface area contributed by atoms with Gasteiger partial charge in [0.1, 0.15) is 5.75 Å². The van der Waals surface area contributed by atoms with Gasteiger partial charge in [0.2, 0.25) is 0 Å². The summed E-state index contributed by atoms with van der Waals surface area (Å²) < 4.78 is 11.0. The molecule has 0 bridgehead atoms. The number of hydrogen-bond donors (Lipinski definition) is 2. The van der Waals surface area contributed by atoms with E-state index in [1.807, 2.05) is 0 Å². The van der Waals surface area contributed by atoms with Gasteiger partial charge in [0, 0.05) is 6.42 Å². The normalized spacial score (nSPS) is 20.5. The summed E-state index contributed by atoms with van der Waals surface area (Å²) in [6, 6.07) is 6.76. The van der Waals surface area contributed by atoms with Crippen LogP contribution in [0.2, 0.25) is 0 Å². The Hall–Kier alpha value is -1.04. The zero-order chi connectivity index (χ0) is 11.4. The topological polar surface area (TPSA) is 58.9 Å². The Labute approximate surface area is 95.0 Å². The van der Waals surface area contributed by atoms with Crippen molar-refractivity contribution in [1.82, 2.24) is 0 Å². The smallest absolute Gasteiger partial charge is 0.465 e. The van der Waals surface area contributed by atoms with Gasteiger partial charge in [0.25, 0.3) is 0 Å². The van der Waals surface area contributed by atoms with Gasteiger partial charge in [-0.1, -0.05) is 12.1 Å². The maximum Gasteiger partial charge on any atom is 0.488 e. The molecular weight excluding hydrogens is 207 g/mol. The van der Waals surface area contributed by atoms with Gasteiger partial charge in [-0.15, -0.1) is 0 Å². The summed E-state index contributed by atoms with van der Waals surface area (Å²) in [5.41, 5.74) is 0.424. The third-order valence-electron chi connectivity index (χ3n) is 2.56. The van der Waals surface area contributed by atoms with Crippen molar-refractivity contribution in [3.8, 4) is 5.75 Å². The molecule has 2 N–H and O–H groups in total. The zero-order valence-electron chi connectivity index (χ0n) is 9.00. The first kappa shape index (κ1) is 11.5. The molecular formula is C11H15BO4. The minimum Gasteiger partial charge on any atom is -0.465 e. The highest BCUT2D eigenvalue weighted by Gasteiger charge is 2.16. The molecule has 0 unspecified atom stereocenters. The molecule has 2 rings (SSSR count). The van der Waals surface area contributed by atoms with Crippen LogP contribution in [0, 0.1) is 0 Å². The van der Waals surface area contributed by atoms with Gasteiger partial charge in [-0.3, -0.25) is 0 Å². The summed E-state index contributed by atoms with van der Waals surface area (Å²) in [5, 5.41) is 18.0. The molecule has 1 saturated heterocycles. The van der Waals surface area contributed by atoms with E-state index < -0.39 is 7.12 Å². The maximum atomic E-state index is 9.02. The van der Waals surface area contributed by atoms with Crippen molar-refractivity contribution in [3.63, 3.8) is 0 Å². The van der Waals surface area contributed by atoms with E-state index in [0.29, 0.717) is 11.2 Å². The second-order valence-electron chi connectivity index (χ2n) is 3.86. The van der Waals surface area contributed by atoms with Crippen LogP contribution in [-0.4, -0.2) is 30.1 Å². The van der Waals surface area contributed by atoms with Crippen LogP contribution in [0.1, 0.15) is 19.3 Å². The summed E-state index contributed by atoms with van der Waals surface area (Å²) in [5.74, 6) is 0.609. The molecule has 0 saturated carbocycles. The molecule has 1 atom stereocenters. The third-order valence-corrected chi connectivity index (χ3v) is 2.56. The fourth-order valence-electron chi connectivity index (χ4n) is 1.70. The van der Waals surface area contributed by atoms with Crippen molar-refractivity contribution >= 4 is 12.6 Å². The van der Waals surface area contributed by atoms with E-state index in [1.54, 1.807) is 24.3 Å². The van der Waals surface area contributed by atoms with E-state index in [0.717, 1.165) is 25.9 Å². The van der Waals surface area contributed by atoms with Crippen molar-refractivity contribution in [1.29, 1.82) is 0 Å². The van der Waals surface area contributed by atoms with Crippen molar-refractivity contribution in [2.45, 2.75) is 25.6 Å². The molecule has 1 aromatic rings. The molecule has 5 heteroatoms. The fraction of sp³-hybridized carbons (Fsp3) is 0.455. The zero-order valence-corrected chi connectivity index (χ0v) is 9.00. The fourth-order valence-corrected chi connectivity index (χ4v) is 1.70. The number of ether oxygens (including phenoxy) is 2. The monoisotopic (exact) mass is 222 g/mol. The average Bonchev–Trinajstić information content (AvgIpc) is 2.30. The van der Waals surface area contributed by atoms with E-state index in [9.17, 15) is 0 Å². The minimum atomic E-state index is -1.46. The van der Waals surface area contributed by atoms with Gasteiger partial charge < -0.3 is 19.5 Å². The summed E-state index contributed by atoms with van der Waals surface area (Å²) in [6.45, 7) is 0.729. The molecule has 0 aliphatic carbocycles. The number of rotatable bonds is 3. The van der Waals surface area contributed by atoms with Crippen LogP contribution < -0.4 is 10.2 Å². The summed E-state index contributed by atoms with van der Waals surface area (Å²) in [4.78, 5) is 0. The highest BCUT2D eigenvalue weighted by molar-refractivity contribution is 6.58. The molecule has 0 aromatic heterocycles. The number of benzene rings is 1. The Balaban J connectivity index is 2.00. The van der Waals surface area contributed by atoms with E-state index >= 15 is 0 Å². The highest BCUT2D eigenvalue weighted by Crippen LogP contribution is 2.17.